The predicted octanol–water partition coefficient (Wildman–Crippen LogP) is 3.42. The van der Waals surface area contributed by atoms with Gasteiger partial charge in [-0.3, -0.25) is 4.98 Å². The largest absolute Gasteiger partial charge is 0.335 e. The molecule has 0 bridgehead atoms. The van der Waals surface area contributed by atoms with Crippen LogP contribution in [0.3, 0.4) is 0 Å². The number of urea groups is 1. The van der Waals surface area contributed by atoms with Crippen LogP contribution in [-0.4, -0.2) is 17.1 Å². The number of benzene rings is 1. The number of halogens is 3. The van der Waals surface area contributed by atoms with Gasteiger partial charge in [0.15, 0.2) is 17.5 Å². The number of nitrogens with zero attached hydrogens (tertiary/aromatic N) is 1. The van der Waals surface area contributed by atoms with Crippen LogP contribution < -0.4 is 10.6 Å². The molecule has 7 heteroatoms. The van der Waals surface area contributed by atoms with Crippen molar-refractivity contribution >= 4 is 6.03 Å². The molecule has 4 nitrogen and oxygen atoms in total. The van der Waals surface area contributed by atoms with Crippen LogP contribution in [0, 0.1) is 17.5 Å². The quantitative estimate of drug-likeness (QED) is 0.841. The van der Waals surface area contributed by atoms with Gasteiger partial charge in [0.05, 0.1) is 6.04 Å². The molecule has 1 aliphatic rings. The fraction of sp³-hybridized carbons (Fsp3) is 0.294. The molecule has 2 N–H and O–H groups in total. The van der Waals surface area contributed by atoms with E-state index in [1.807, 2.05) is 6.92 Å². The number of aromatic nitrogens is 1. The molecule has 0 saturated heterocycles. The monoisotopic (exact) mass is 335 g/mol. The molecule has 1 aromatic carbocycles. The normalized spacial score (nSPS) is 20.3. The van der Waals surface area contributed by atoms with E-state index in [2.05, 4.69) is 15.6 Å². The van der Waals surface area contributed by atoms with E-state index < -0.39 is 17.5 Å². The molecule has 2 aromatic rings. The van der Waals surface area contributed by atoms with Gasteiger partial charge in [0.2, 0.25) is 0 Å². The average molecular weight is 335 g/mol. The zero-order valence-electron chi connectivity index (χ0n) is 12.9. The Labute approximate surface area is 137 Å². The Kier molecular flexibility index (Phi) is 4.42. The summed E-state index contributed by atoms with van der Waals surface area (Å²) in [5.74, 6) is -4.12. The van der Waals surface area contributed by atoms with Crippen molar-refractivity contribution in [2.45, 2.75) is 31.3 Å². The lowest BCUT2D eigenvalue weighted by atomic mass is 10.1. The summed E-state index contributed by atoms with van der Waals surface area (Å²) in [7, 11) is 0. The second-order valence-corrected chi connectivity index (χ2v) is 5.87. The van der Waals surface area contributed by atoms with Crippen molar-refractivity contribution in [1.82, 2.24) is 15.6 Å². The zero-order valence-corrected chi connectivity index (χ0v) is 12.9. The van der Waals surface area contributed by atoms with Crippen LogP contribution in [0.25, 0.3) is 0 Å². The van der Waals surface area contributed by atoms with Crippen LogP contribution in [0.15, 0.2) is 36.7 Å². The SMILES string of the molecule is C[C@H](NC(=O)N[C@@H]1C[C@H]1c1cc(F)c(F)c(F)c1)c1ccncc1. The van der Waals surface area contributed by atoms with E-state index in [1.54, 1.807) is 24.5 Å². The van der Waals surface area contributed by atoms with Crippen molar-refractivity contribution in [3.8, 4) is 0 Å². The van der Waals surface area contributed by atoms with Gasteiger partial charge in [0, 0.05) is 24.4 Å². The maximum Gasteiger partial charge on any atom is 0.315 e. The smallest absolute Gasteiger partial charge is 0.315 e. The van der Waals surface area contributed by atoms with E-state index in [4.69, 9.17) is 0 Å². The average Bonchev–Trinajstić information content (AvgIpc) is 3.31. The molecule has 0 unspecified atom stereocenters. The number of amides is 2. The van der Waals surface area contributed by atoms with Gasteiger partial charge < -0.3 is 10.6 Å². The van der Waals surface area contributed by atoms with E-state index in [0.29, 0.717) is 12.0 Å². The highest BCUT2D eigenvalue weighted by atomic mass is 19.2. The lowest BCUT2D eigenvalue weighted by Crippen LogP contribution is -2.38. The minimum atomic E-state index is -1.48. The summed E-state index contributed by atoms with van der Waals surface area (Å²) in [5, 5.41) is 5.54. The minimum absolute atomic E-state index is 0.203. The van der Waals surface area contributed by atoms with Gasteiger partial charge in [-0.25, -0.2) is 18.0 Å². The molecule has 1 aromatic heterocycles. The molecule has 24 heavy (non-hydrogen) atoms. The maximum atomic E-state index is 13.3. The standard InChI is InChI=1S/C17H16F3N3O/c1-9(10-2-4-21-5-3-10)22-17(24)23-15-8-12(15)11-6-13(18)16(20)14(19)7-11/h2-7,9,12,15H,8H2,1H3,(H2,22,23,24)/t9-,12-,15+/m0/s1. The first-order chi connectivity index (χ1) is 11.5. The van der Waals surface area contributed by atoms with Crippen molar-refractivity contribution < 1.29 is 18.0 Å². The predicted molar refractivity (Wildman–Crippen MR) is 81.8 cm³/mol. The Balaban J connectivity index is 1.56. The topological polar surface area (TPSA) is 54.0 Å². The second kappa shape index (κ2) is 6.51. The van der Waals surface area contributed by atoms with Crippen molar-refractivity contribution in [1.29, 1.82) is 0 Å². The van der Waals surface area contributed by atoms with Crippen molar-refractivity contribution in [2.24, 2.45) is 0 Å². The first-order valence-electron chi connectivity index (χ1n) is 7.57. The lowest BCUT2D eigenvalue weighted by Gasteiger charge is -2.15. The zero-order chi connectivity index (χ0) is 17.3. The molecule has 1 aliphatic carbocycles. The van der Waals surface area contributed by atoms with Gasteiger partial charge in [0.1, 0.15) is 0 Å². The van der Waals surface area contributed by atoms with Gasteiger partial charge in [-0.05, 0) is 48.7 Å². The summed E-state index contributed by atoms with van der Waals surface area (Å²) >= 11 is 0. The summed E-state index contributed by atoms with van der Waals surface area (Å²) in [6.45, 7) is 1.84. The highest BCUT2D eigenvalue weighted by Crippen LogP contribution is 2.41. The van der Waals surface area contributed by atoms with Gasteiger partial charge in [0.25, 0.3) is 0 Å². The molecular formula is C17H16F3N3O. The molecule has 3 atom stereocenters. The Hall–Kier alpha value is -2.57. The molecule has 0 radical (unpaired) electrons. The number of pyridine rings is 1. The van der Waals surface area contributed by atoms with Crippen LogP contribution in [-0.2, 0) is 0 Å². The van der Waals surface area contributed by atoms with E-state index in [0.717, 1.165) is 17.7 Å². The molecular weight excluding hydrogens is 319 g/mol. The Morgan fingerprint density at radius 1 is 1.21 bits per heavy atom. The number of rotatable bonds is 4. The van der Waals surface area contributed by atoms with Gasteiger partial charge in [-0.15, -0.1) is 0 Å². The summed E-state index contributed by atoms with van der Waals surface area (Å²) < 4.78 is 39.5. The van der Waals surface area contributed by atoms with Gasteiger partial charge in [-0.2, -0.15) is 0 Å². The first-order valence-corrected chi connectivity index (χ1v) is 7.57. The number of nitrogens with one attached hydrogen (secondary N) is 2. The van der Waals surface area contributed by atoms with E-state index in [1.165, 1.54) is 0 Å². The van der Waals surface area contributed by atoms with E-state index in [-0.39, 0.29) is 24.0 Å². The molecule has 1 heterocycles. The summed E-state index contributed by atoms with van der Waals surface area (Å²) in [6.07, 6.45) is 3.83. The first kappa shape index (κ1) is 16.3. The molecule has 0 spiro atoms. The number of hydrogen-bond donors (Lipinski definition) is 2. The van der Waals surface area contributed by atoms with Crippen LogP contribution in [0.2, 0.25) is 0 Å². The van der Waals surface area contributed by atoms with Crippen LogP contribution in [0.1, 0.15) is 36.4 Å². The highest BCUT2D eigenvalue weighted by Gasteiger charge is 2.40. The Morgan fingerprint density at radius 3 is 2.46 bits per heavy atom. The number of carbonyl (C=O) groups is 1. The van der Waals surface area contributed by atoms with E-state index >= 15 is 0 Å². The fourth-order valence-corrected chi connectivity index (χ4v) is 2.65. The lowest BCUT2D eigenvalue weighted by molar-refractivity contribution is 0.237. The molecule has 126 valence electrons. The van der Waals surface area contributed by atoms with Crippen molar-refractivity contribution in [3.05, 3.63) is 65.2 Å². The van der Waals surface area contributed by atoms with Crippen LogP contribution in [0.4, 0.5) is 18.0 Å². The molecule has 3 rings (SSSR count). The third kappa shape index (κ3) is 3.50. The third-order valence-electron chi connectivity index (χ3n) is 4.09. The molecule has 2 amide bonds. The summed E-state index contributed by atoms with van der Waals surface area (Å²) in [6, 6.07) is 4.76. The van der Waals surface area contributed by atoms with Crippen molar-refractivity contribution in [2.75, 3.05) is 0 Å². The summed E-state index contributed by atoms with van der Waals surface area (Å²) in [4.78, 5) is 15.9. The highest BCUT2D eigenvalue weighted by molar-refractivity contribution is 5.75. The fourth-order valence-electron chi connectivity index (χ4n) is 2.65. The van der Waals surface area contributed by atoms with Crippen LogP contribution in [0.5, 0.6) is 0 Å². The Bertz CT molecular complexity index is 731. The van der Waals surface area contributed by atoms with Gasteiger partial charge in [-0.1, -0.05) is 0 Å². The summed E-state index contributed by atoms with van der Waals surface area (Å²) in [5.41, 5.74) is 1.26. The number of hydrogen-bond acceptors (Lipinski definition) is 2. The third-order valence-corrected chi connectivity index (χ3v) is 4.09. The Morgan fingerprint density at radius 2 is 1.83 bits per heavy atom. The van der Waals surface area contributed by atoms with Gasteiger partial charge >= 0.3 is 6.03 Å². The van der Waals surface area contributed by atoms with E-state index in [9.17, 15) is 18.0 Å². The maximum absolute atomic E-state index is 13.3. The van der Waals surface area contributed by atoms with Crippen LogP contribution >= 0.6 is 0 Å². The van der Waals surface area contributed by atoms with Crippen molar-refractivity contribution in [3.63, 3.8) is 0 Å². The minimum Gasteiger partial charge on any atom is -0.335 e. The second-order valence-electron chi connectivity index (χ2n) is 5.87. The number of carbonyl (C=O) groups excluding carboxylic acids is 1. The molecule has 1 fully saturated rings. The molecule has 1 saturated carbocycles. The molecule has 0 aliphatic heterocycles.